The molecule has 10 aromatic rings. The van der Waals surface area contributed by atoms with E-state index in [2.05, 4.69) is 146 Å². The highest BCUT2D eigenvalue weighted by Crippen LogP contribution is 2.45. The number of hydrogen-bond acceptors (Lipinski definition) is 1. The molecule has 0 radical (unpaired) electrons. The van der Waals surface area contributed by atoms with Crippen molar-refractivity contribution in [2.24, 2.45) is 0 Å². The average Bonchev–Trinajstić information content (AvgIpc) is 3.46. The van der Waals surface area contributed by atoms with Crippen LogP contribution < -0.4 is 0 Å². The molecule has 1 nitrogen and oxygen atoms in total. The normalized spacial score (nSPS) is 12.2. The zero-order chi connectivity index (χ0) is 28.1. The fraction of sp³-hybridized carbons (Fsp3) is 0. The van der Waals surface area contributed by atoms with Crippen molar-refractivity contribution in [2.75, 3.05) is 0 Å². The topological polar surface area (TPSA) is 13.1 Å². The number of fused-ring (bicyclic) bond motifs is 16. The Morgan fingerprint density at radius 1 is 0.302 bits per heavy atom. The lowest BCUT2D eigenvalue weighted by atomic mass is 9.86. The minimum Gasteiger partial charge on any atom is -0.455 e. The van der Waals surface area contributed by atoms with Gasteiger partial charge in [0, 0.05) is 16.2 Å². The largest absolute Gasteiger partial charge is 0.455 e. The second kappa shape index (κ2) is 8.44. The lowest BCUT2D eigenvalue weighted by Gasteiger charge is -2.17. The molecule has 0 saturated carbocycles. The average molecular weight is 545 g/mol. The van der Waals surface area contributed by atoms with E-state index in [9.17, 15) is 0 Å². The van der Waals surface area contributed by atoms with Gasteiger partial charge in [0.25, 0.3) is 0 Å². The molecule has 1 aromatic heterocycles. The molecular formula is C42H24O. The van der Waals surface area contributed by atoms with Gasteiger partial charge in [0.05, 0.1) is 0 Å². The molecular weight excluding hydrogens is 520 g/mol. The number of benzene rings is 9. The summed E-state index contributed by atoms with van der Waals surface area (Å²) in [4.78, 5) is 0. The molecule has 0 aliphatic carbocycles. The fourth-order valence-electron chi connectivity index (χ4n) is 7.49. The molecule has 0 aliphatic heterocycles. The Kier molecular flexibility index (Phi) is 4.51. The molecule has 0 atom stereocenters. The highest BCUT2D eigenvalue weighted by Gasteiger charge is 2.17. The number of hydrogen-bond donors (Lipinski definition) is 0. The van der Waals surface area contributed by atoms with Crippen LogP contribution in [0.15, 0.2) is 150 Å². The summed E-state index contributed by atoms with van der Waals surface area (Å²) >= 11 is 0. The van der Waals surface area contributed by atoms with Crippen LogP contribution in [0.4, 0.5) is 0 Å². The van der Waals surface area contributed by atoms with Gasteiger partial charge in [-0.05, 0) is 94.6 Å². The van der Waals surface area contributed by atoms with Crippen molar-refractivity contribution in [3.8, 4) is 11.1 Å². The first-order valence-corrected chi connectivity index (χ1v) is 14.9. The van der Waals surface area contributed by atoms with Crippen molar-refractivity contribution in [1.82, 2.24) is 0 Å². The van der Waals surface area contributed by atoms with Crippen LogP contribution in [0.5, 0.6) is 0 Å². The predicted molar refractivity (Wildman–Crippen MR) is 184 cm³/mol. The van der Waals surface area contributed by atoms with Gasteiger partial charge >= 0.3 is 0 Å². The summed E-state index contributed by atoms with van der Waals surface area (Å²) in [6.45, 7) is 0. The zero-order valence-corrected chi connectivity index (χ0v) is 23.3. The van der Waals surface area contributed by atoms with E-state index in [0.29, 0.717) is 0 Å². The van der Waals surface area contributed by atoms with Crippen molar-refractivity contribution in [3.63, 3.8) is 0 Å². The Labute approximate surface area is 247 Å². The molecule has 0 bridgehead atoms. The quantitative estimate of drug-likeness (QED) is 0.187. The van der Waals surface area contributed by atoms with Crippen LogP contribution >= 0.6 is 0 Å². The number of rotatable bonds is 1. The Morgan fingerprint density at radius 2 is 0.767 bits per heavy atom. The van der Waals surface area contributed by atoms with Gasteiger partial charge in [0.15, 0.2) is 0 Å². The Balaban J connectivity index is 1.32. The maximum absolute atomic E-state index is 6.55. The maximum Gasteiger partial charge on any atom is 0.143 e. The van der Waals surface area contributed by atoms with E-state index in [1.54, 1.807) is 0 Å². The molecule has 1 heteroatoms. The van der Waals surface area contributed by atoms with Gasteiger partial charge in [-0.3, -0.25) is 0 Å². The molecule has 0 fully saturated rings. The predicted octanol–water partition coefficient (Wildman–Crippen LogP) is 12.2. The molecule has 0 unspecified atom stereocenters. The van der Waals surface area contributed by atoms with Gasteiger partial charge in [0.2, 0.25) is 0 Å². The van der Waals surface area contributed by atoms with E-state index in [-0.39, 0.29) is 0 Å². The molecule has 10 rings (SSSR count). The van der Waals surface area contributed by atoms with Crippen LogP contribution in [0.1, 0.15) is 0 Å². The van der Waals surface area contributed by atoms with Crippen molar-refractivity contribution >= 4 is 86.6 Å². The molecule has 0 spiro atoms. The molecule has 0 N–H and O–H groups in total. The van der Waals surface area contributed by atoms with Crippen LogP contribution in [-0.4, -0.2) is 0 Å². The summed E-state index contributed by atoms with van der Waals surface area (Å²) in [6, 6.07) is 53.1. The third kappa shape index (κ3) is 3.11. The van der Waals surface area contributed by atoms with Crippen LogP contribution in [0, 0.1) is 0 Å². The standard InChI is InChI=1S/C42H24O/c1-2-10-28-25(9-1)17-22-37-33-21-19-27(24-39(33)43-42(28)37)26-18-20-32-31-13-5-7-15-35(31)40-34-14-6-3-11-29(34)30-12-4-8-16-36(30)41(40)38(32)23-26/h1-24H. The van der Waals surface area contributed by atoms with Gasteiger partial charge in [-0.2, -0.15) is 0 Å². The first kappa shape index (κ1) is 23.0. The third-order valence-electron chi connectivity index (χ3n) is 9.41. The van der Waals surface area contributed by atoms with E-state index < -0.39 is 0 Å². The summed E-state index contributed by atoms with van der Waals surface area (Å²) < 4.78 is 6.55. The second-order valence-corrected chi connectivity index (χ2v) is 11.6. The van der Waals surface area contributed by atoms with E-state index in [4.69, 9.17) is 4.42 Å². The van der Waals surface area contributed by atoms with Crippen molar-refractivity contribution in [1.29, 1.82) is 0 Å². The van der Waals surface area contributed by atoms with Crippen LogP contribution in [0.25, 0.3) is 97.7 Å². The molecule has 0 saturated heterocycles. The summed E-state index contributed by atoms with van der Waals surface area (Å²) in [5, 5.41) is 17.7. The Bertz CT molecular complexity index is 2760. The second-order valence-electron chi connectivity index (χ2n) is 11.6. The van der Waals surface area contributed by atoms with Crippen molar-refractivity contribution in [2.45, 2.75) is 0 Å². The van der Waals surface area contributed by atoms with Crippen LogP contribution in [0.3, 0.4) is 0 Å². The highest BCUT2D eigenvalue weighted by atomic mass is 16.3. The van der Waals surface area contributed by atoms with Crippen molar-refractivity contribution in [3.05, 3.63) is 146 Å². The molecule has 9 aromatic carbocycles. The maximum atomic E-state index is 6.55. The van der Waals surface area contributed by atoms with Gasteiger partial charge in [-0.1, -0.05) is 121 Å². The van der Waals surface area contributed by atoms with E-state index in [1.807, 2.05) is 0 Å². The highest BCUT2D eigenvalue weighted by molar-refractivity contribution is 6.39. The first-order chi connectivity index (χ1) is 21.3. The summed E-state index contributed by atoms with van der Waals surface area (Å²) in [5.41, 5.74) is 4.22. The van der Waals surface area contributed by atoms with Crippen LogP contribution in [-0.2, 0) is 0 Å². The van der Waals surface area contributed by atoms with Crippen LogP contribution in [0.2, 0.25) is 0 Å². The molecule has 198 valence electrons. The van der Waals surface area contributed by atoms with Gasteiger partial charge in [-0.15, -0.1) is 0 Å². The molecule has 0 amide bonds. The zero-order valence-electron chi connectivity index (χ0n) is 23.3. The lowest BCUT2D eigenvalue weighted by Crippen LogP contribution is -1.89. The summed E-state index contributed by atoms with van der Waals surface area (Å²) in [7, 11) is 0. The SMILES string of the molecule is c1ccc2c(c1)ccc1c3ccc(-c4ccc5c6ccccc6c6c7ccccc7c7ccccc7c6c5c4)cc3oc21. The monoisotopic (exact) mass is 544 g/mol. The van der Waals surface area contributed by atoms with E-state index >= 15 is 0 Å². The third-order valence-corrected chi connectivity index (χ3v) is 9.41. The fourth-order valence-corrected chi connectivity index (χ4v) is 7.49. The summed E-state index contributed by atoms with van der Waals surface area (Å²) in [6.07, 6.45) is 0. The molecule has 0 aliphatic rings. The minimum atomic E-state index is 0.920. The van der Waals surface area contributed by atoms with E-state index in [0.717, 1.165) is 32.9 Å². The first-order valence-electron chi connectivity index (χ1n) is 14.9. The Hall–Kier alpha value is -5.66. The van der Waals surface area contributed by atoms with Gasteiger partial charge < -0.3 is 4.42 Å². The van der Waals surface area contributed by atoms with Crippen molar-refractivity contribution < 1.29 is 4.42 Å². The van der Waals surface area contributed by atoms with Gasteiger partial charge in [-0.25, -0.2) is 0 Å². The molecule has 43 heavy (non-hydrogen) atoms. The van der Waals surface area contributed by atoms with E-state index in [1.165, 1.54) is 64.8 Å². The Morgan fingerprint density at radius 3 is 1.42 bits per heavy atom. The molecule has 1 heterocycles. The number of furan rings is 1. The lowest BCUT2D eigenvalue weighted by molar-refractivity contribution is 0.673. The minimum absolute atomic E-state index is 0.920. The summed E-state index contributed by atoms with van der Waals surface area (Å²) in [5.74, 6) is 0. The van der Waals surface area contributed by atoms with Gasteiger partial charge in [0.1, 0.15) is 11.2 Å². The smallest absolute Gasteiger partial charge is 0.143 e.